The van der Waals surface area contributed by atoms with Crippen LogP contribution in [-0.4, -0.2) is 43.6 Å². The van der Waals surface area contributed by atoms with E-state index in [0.717, 1.165) is 35.5 Å². The van der Waals surface area contributed by atoms with Gasteiger partial charge in [0.25, 0.3) is 0 Å². The molecule has 1 aliphatic carbocycles. The average Bonchev–Trinajstić information content (AvgIpc) is 3.61. The van der Waals surface area contributed by atoms with E-state index < -0.39 is 15.8 Å². The molecule has 1 unspecified atom stereocenters. The van der Waals surface area contributed by atoms with E-state index in [1.165, 1.54) is 12.1 Å². The first kappa shape index (κ1) is 23.5. The molecule has 4 rings (SSSR count). The number of sulfone groups is 1. The molecule has 1 aliphatic heterocycles. The fourth-order valence-corrected chi connectivity index (χ4v) is 6.35. The summed E-state index contributed by atoms with van der Waals surface area (Å²) >= 11 is 0. The van der Waals surface area contributed by atoms with Gasteiger partial charge >= 0.3 is 5.97 Å². The number of benzene rings is 2. The Morgan fingerprint density at radius 1 is 1.12 bits per heavy atom. The highest BCUT2D eigenvalue weighted by Crippen LogP contribution is 2.46. The highest BCUT2D eigenvalue weighted by molar-refractivity contribution is 7.91. The minimum atomic E-state index is -2.97. The van der Waals surface area contributed by atoms with E-state index >= 15 is 0 Å². The van der Waals surface area contributed by atoms with Gasteiger partial charge in [-0.3, -0.25) is 4.79 Å². The Morgan fingerprint density at radius 3 is 2.36 bits per heavy atom. The van der Waals surface area contributed by atoms with Crippen molar-refractivity contribution in [3.63, 3.8) is 0 Å². The van der Waals surface area contributed by atoms with Gasteiger partial charge < -0.3 is 15.3 Å². The predicted octanol–water partition coefficient (Wildman–Crippen LogP) is 4.94. The Morgan fingerprint density at radius 2 is 1.79 bits per heavy atom. The molecule has 0 radical (unpaired) electrons. The van der Waals surface area contributed by atoms with Gasteiger partial charge in [-0.05, 0) is 86.4 Å². The Hall–Kier alpha value is -2.61. The van der Waals surface area contributed by atoms with Crippen molar-refractivity contribution in [1.29, 1.82) is 0 Å². The van der Waals surface area contributed by atoms with Gasteiger partial charge in [-0.1, -0.05) is 6.07 Å². The molecule has 2 aromatic carbocycles. The quantitative estimate of drug-likeness (QED) is 0.535. The molecule has 178 valence electrons. The van der Waals surface area contributed by atoms with Crippen molar-refractivity contribution in [3.05, 3.63) is 53.8 Å². The van der Waals surface area contributed by atoms with E-state index in [-0.39, 0.29) is 35.7 Å². The first-order valence-corrected chi connectivity index (χ1v) is 13.4. The molecule has 0 spiro atoms. The van der Waals surface area contributed by atoms with Gasteiger partial charge in [-0.2, -0.15) is 0 Å². The molecule has 0 amide bonds. The average molecular weight is 475 g/mol. The molecule has 1 saturated heterocycles. The summed E-state index contributed by atoms with van der Waals surface area (Å²) in [7, 11) is -2.97. The van der Waals surface area contributed by atoms with Crippen LogP contribution in [0.5, 0.6) is 0 Å². The number of hydrogen-bond acceptors (Lipinski definition) is 5. The summed E-state index contributed by atoms with van der Waals surface area (Å²) < 4.78 is 37.3. The van der Waals surface area contributed by atoms with Crippen molar-refractivity contribution in [2.24, 2.45) is 5.92 Å². The van der Waals surface area contributed by atoms with Gasteiger partial charge in [0.2, 0.25) is 0 Å². The molecule has 0 aromatic heterocycles. The summed E-state index contributed by atoms with van der Waals surface area (Å²) in [4.78, 5) is 13.7. The molecule has 1 atom stereocenters. The summed E-state index contributed by atoms with van der Waals surface area (Å²) in [6, 6.07) is 12.3. The molecule has 0 bridgehead atoms. The van der Waals surface area contributed by atoms with Crippen LogP contribution in [0.1, 0.15) is 50.5 Å². The zero-order valence-corrected chi connectivity index (χ0v) is 19.7. The number of rotatable bonds is 9. The number of nitrogens with one attached hydrogen (secondary N) is 1. The molecule has 33 heavy (non-hydrogen) atoms. The van der Waals surface area contributed by atoms with Gasteiger partial charge in [-0.25, -0.2) is 12.8 Å². The van der Waals surface area contributed by atoms with Gasteiger partial charge in [0.05, 0.1) is 29.3 Å². The topological polar surface area (TPSA) is 86.7 Å². The molecule has 2 N–H and O–H groups in total. The molecule has 6 nitrogen and oxygen atoms in total. The van der Waals surface area contributed by atoms with Crippen molar-refractivity contribution < 1.29 is 22.7 Å². The van der Waals surface area contributed by atoms with Crippen molar-refractivity contribution in [3.8, 4) is 0 Å². The van der Waals surface area contributed by atoms with Gasteiger partial charge in [0.15, 0.2) is 0 Å². The highest BCUT2D eigenvalue weighted by Gasteiger charge is 2.34. The molecule has 1 saturated carbocycles. The molecule has 2 fully saturated rings. The van der Waals surface area contributed by atoms with Gasteiger partial charge in [0.1, 0.15) is 15.7 Å². The van der Waals surface area contributed by atoms with E-state index in [1.807, 2.05) is 18.2 Å². The highest BCUT2D eigenvalue weighted by atomic mass is 32.2. The molecular formula is C25H31FN2O4S. The zero-order chi connectivity index (χ0) is 23.6. The molecular weight excluding hydrogens is 443 g/mol. The van der Waals surface area contributed by atoms with Crippen LogP contribution >= 0.6 is 0 Å². The van der Waals surface area contributed by atoms with Crippen LogP contribution in [0.15, 0.2) is 42.5 Å². The van der Waals surface area contributed by atoms with E-state index in [4.69, 9.17) is 0 Å². The third kappa shape index (κ3) is 5.85. The lowest BCUT2D eigenvalue weighted by molar-refractivity contribution is -0.137. The summed E-state index contributed by atoms with van der Waals surface area (Å²) in [5.74, 6) is -0.396. The number of carboxylic acid groups (broad SMARTS) is 1. The number of aliphatic carboxylic acids is 1. The van der Waals surface area contributed by atoms with Crippen LogP contribution in [0.4, 0.5) is 21.5 Å². The van der Waals surface area contributed by atoms with Crippen LogP contribution in [0.2, 0.25) is 0 Å². The first-order chi connectivity index (χ1) is 15.8. The molecule has 8 heteroatoms. The number of carbonyl (C=O) groups is 1. The Labute approximate surface area is 194 Å². The Balaban J connectivity index is 1.69. The van der Waals surface area contributed by atoms with Gasteiger partial charge in [-0.15, -0.1) is 0 Å². The van der Waals surface area contributed by atoms with Crippen molar-refractivity contribution >= 4 is 32.9 Å². The maximum absolute atomic E-state index is 13.4. The van der Waals surface area contributed by atoms with Crippen molar-refractivity contribution in [2.75, 3.05) is 28.3 Å². The van der Waals surface area contributed by atoms with E-state index in [1.54, 1.807) is 12.1 Å². The summed E-state index contributed by atoms with van der Waals surface area (Å²) in [5.41, 5.74) is 3.49. The minimum absolute atomic E-state index is 0.0415. The van der Waals surface area contributed by atoms with E-state index in [0.29, 0.717) is 25.3 Å². The second-order valence-corrected chi connectivity index (χ2v) is 11.4. The third-order valence-corrected chi connectivity index (χ3v) is 8.49. The van der Waals surface area contributed by atoms with Crippen molar-refractivity contribution in [1.82, 2.24) is 0 Å². The summed E-state index contributed by atoms with van der Waals surface area (Å²) in [6.45, 7) is 2.76. The smallest absolute Gasteiger partial charge is 0.303 e. The van der Waals surface area contributed by atoms with Crippen LogP contribution in [0, 0.1) is 11.7 Å². The minimum Gasteiger partial charge on any atom is -0.481 e. The molecule has 2 aliphatic rings. The van der Waals surface area contributed by atoms with Crippen LogP contribution in [-0.2, 0) is 14.6 Å². The monoisotopic (exact) mass is 474 g/mol. The van der Waals surface area contributed by atoms with E-state index in [2.05, 4.69) is 17.1 Å². The van der Waals surface area contributed by atoms with Crippen molar-refractivity contribution in [2.45, 2.75) is 51.0 Å². The lowest BCUT2D eigenvalue weighted by Crippen LogP contribution is -2.41. The fourth-order valence-electron chi connectivity index (χ4n) is 4.88. The predicted molar refractivity (Wildman–Crippen MR) is 129 cm³/mol. The maximum Gasteiger partial charge on any atom is 0.303 e. The lowest BCUT2D eigenvalue weighted by Gasteiger charge is -2.37. The van der Waals surface area contributed by atoms with Gasteiger partial charge in [0, 0.05) is 18.3 Å². The lowest BCUT2D eigenvalue weighted by atomic mass is 9.90. The number of halogens is 1. The second kappa shape index (κ2) is 9.71. The number of hydrogen-bond donors (Lipinski definition) is 2. The number of nitrogens with zero attached hydrogens (tertiary/aromatic N) is 1. The standard InChI is InChI=1S/C25H31FN2O4S/c1-2-28(21-11-13-33(31,32)14-12-21)24-10-5-18(22(16-25(29)30)17-3-4-17)15-23(24)27-20-8-6-19(26)7-9-20/h5-10,15,17,21-22,27H,2-4,11-14,16H2,1H3,(H,29,30). The summed E-state index contributed by atoms with van der Waals surface area (Å²) in [5, 5.41) is 12.8. The number of carboxylic acids is 1. The largest absolute Gasteiger partial charge is 0.481 e. The fraction of sp³-hybridized carbons (Fsp3) is 0.480. The maximum atomic E-state index is 13.4. The third-order valence-electron chi connectivity index (χ3n) is 6.77. The number of anilines is 3. The first-order valence-electron chi connectivity index (χ1n) is 11.6. The molecule has 2 aromatic rings. The van der Waals surface area contributed by atoms with Crippen LogP contribution in [0.3, 0.4) is 0 Å². The zero-order valence-electron chi connectivity index (χ0n) is 18.8. The Bertz CT molecular complexity index is 1090. The molecule has 1 heterocycles. The van der Waals surface area contributed by atoms with Crippen LogP contribution in [0.25, 0.3) is 0 Å². The Kier molecular flexibility index (Phi) is 6.93. The van der Waals surface area contributed by atoms with E-state index in [9.17, 15) is 22.7 Å². The second-order valence-electron chi connectivity index (χ2n) is 9.12. The van der Waals surface area contributed by atoms with Crippen LogP contribution < -0.4 is 10.2 Å². The SMILES string of the molecule is CCN(c1ccc(C(CC(=O)O)C2CC2)cc1Nc1ccc(F)cc1)C1CCS(=O)(=O)CC1. The summed E-state index contributed by atoms with van der Waals surface area (Å²) in [6.07, 6.45) is 3.34. The normalized spacial score (nSPS) is 19.1.